The molecule has 0 spiro atoms. The molecule has 0 N–H and O–H groups in total. The minimum Gasteiger partial charge on any atom is -0.295 e. The lowest BCUT2D eigenvalue weighted by Crippen LogP contribution is -2.45. The van der Waals surface area contributed by atoms with Crippen LogP contribution in [0.1, 0.15) is 23.4 Å². The van der Waals surface area contributed by atoms with Crippen LogP contribution in [0.5, 0.6) is 0 Å². The summed E-state index contributed by atoms with van der Waals surface area (Å²) in [6.07, 6.45) is 1.65. The number of thiazole rings is 1. The Morgan fingerprint density at radius 2 is 1.86 bits per heavy atom. The Labute approximate surface area is 129 Å². The standard InChI is InChI=1S/C14H22N6S/c1-3-20-14(15-11-16-20)9-19-6-4-18(5-7-19)8-13-10-21-12(2)17-13/h10-11H,3-9H2,1-2H3. The van der Waals surface area contributed by atoms with E-state index in [1.165, 1.54) is 5.69 Å². The number of hydrogen-bond acceptors (Lipinski definition) is 6. The summed E-state index contributed by atoms with van der Waals surface area (Å²) in [5.41, 5.74) is 1.21. The van der Waals surface area contributed by atoms with Gasteiger partial charge in [0.25, 0.3) is 0 Å². The summed E-state index contributed by atoms with van der Waals surface area (Å²) >= 11 is 1.73. The van der Waals surface area contributed by atoms with Crippen LogP contribution >= 0.6 is 11.3 Å². The van der Waals surface area contributed by atoms with Crippen molar-refractivity contribution in [3.05, 3.63) is 28.2 Å². The summed E-state index contributed by atoms with van der Waals surface area (Å²) in [6, 6.07) is 0. The van der Waals surface area contributed by atoms with E-state index in [9.17, 15) is 0 Å². The number of aromatic nitrogens is 4. The Bertz CT molecular complexity index is 570. The predicted molar refractivity (Wildman–Crippen MR) is 83.1 cm³/mol. The van der Waals surface area contributed by atoms with E-state index >= 15 is 0 Å². The van der Waals surface area contributed by atoms with E-state index in [1.807, 2.05) is 4.68 Å². The van der Waals surface area contributed by atoms with Gasteiger partial charge in [0.15, 0.2) is 0 Å². The van der Waals surface area contributed by atoms with Crippen molar-refractivity contribution in [2.75, 3.05) is 26.2 Å². The lowest BCUT2D eigenvalue weighted by molar-refractivity contribution is 0.118. The first-order valence-electron chi connectivity index (χ1n) is 7.47. The maximum Gasteiger partial charge on any atom is 0.140 e. The monoisotopic (exact) mass is 306 g/mol. The summed E-state index contributed by atoms with van der Waals surface area (Å²) in [7, 11) is 0. The van der Waals surface area contributed by atoms with Gasteiger partial charge in [-0.3, -0.25) is 9.80 Å². The van der Waals surface area contributed by atoms with Gasteiger partial charge in [-0.2, -0.15) is 5.10 Å². The van der Waals surface area contributed by atoms with Crippen LogP contribution in [0.25, 0.3) is 0 Å². The van der Waals surface area contributed by atoms with Crippen molar-refractivity contribution in [1.82, 2.24) is 29.5 Å². The molecular weight excluding hydrogens is 284 g/mol. The molecule has 21 heavy (non-hydrogen) atoms. The van der Waals surface area contributed by atoms with Gasteiger partial charge in [-0.25, -0.2) is 14.6 Å². The molecule has 1 aliphatic rings. The molecule has 1 fully saturated rings. The average molecular weight is 306 g/mol. The molecule has 1 aliphatic heterocycles. The zero-order valence-electron chi connectivity index (χ0n) is 12.7. The number of nitrogens with zero attached hydrogens (tertiary/aromatic N) is 6. The van der Waals surface area contributed by atoms with E-state index in [2.05, 4.69) is 44.1 Å². The summed E-state index contributed by atoms with van der Waals surface area (Å²) in [5, 5.41) is 7.56. The largest absolute Gasteiger partial charge is 0.295 e. The van der Waals surface area contributed by atoms with Crippen LogP contribution in [-0.2, 0) is 19.6 Å². The van der Waals surface area contributed by atoms with E-state index in [1.54, 1.807) is 17.7 Å². The molecule has 0 unspecified atom stereocenters. The first kappa shape index (κ1) is 14.6. The Morgan fingerprint density at radius 1 is 1.14 bits per heavy atom. The van der Waals surface area contributed by atoms with Crippen LogP contribution in [0.2, 0.25) is 0 Å². The van der Waals surface area contributed by atoms with E-state index in [4.69, 9.17) is 0 Å². The van der Waals surface area contributed by atoms with Crippen LogP contribution < -0.4 is 0 Å². The highest BCUT2D eigenvalue weighted by Crippen LogP contribution is 2.13. The molecule has 0 radical (unpaired) electrons. The predicted octanol–water partition coefficient (Wildman–Crippen LogP) is 1.38. The van der Waals surface area contributed by atoms with E-state index in [-0.39, 0.29) is 0 Å². The van der Waals surface area contributed by atoms with Crippen molar-refractivity contribution in [1.29, 1.82) is 0 Å². The molecular formula is C14H22N6S. The van der Waals surface area contributed by atoms with Crippen molar-refractivity contribution in [2.24, 2.45) is 0 Å². The molecule has 1 saturated heterocycles. The van der Waals surface area contributed by atoms with Gasteiger partial charge in [0.05, 0.1) is 17.2 Å². The van der Waals surface area contributed by atoms with Crippen LogP contribution in [0.3, 0.4) is 0 Å². The lowest BCUT2D eigenvalue weighted by Gasteiger charge is -2.34. The lowest BCUT2D eigenvalue weighted by atomic mass is 10.3. The molecule has 0 aromatic carbocycles. The molecule has 0 saturated carbocycles. The normalized spacial score (nSPS) is 17.4. The van der Waals surface area contributed by atoms with Gasteiger partial charge in [-0.15, -0.1) is 11.3 Å². The highest BCUT2D eigenvalue weighted by Gasteiger charge is 2.19. The van der Waals surface area contributed by atoms with E-state index < -0.39 is 0 Å². The van der Waals surface area contributed by atoms with Crippen molar-refractivity contribution < 1.29 is 0 Å². The summed E-state index contributed by atoms with van der Waals surface area (Å²) < 4.78 is 1.98. The number of rotatable bonds is 5. The molecule has 0 aliphatic carbocycles. The SMILES string of the molecule is CCn1ncnc1CN1CCN(Cc2csc(C)n2)CC1. The number of aryl methyl sites for hydroxylation is 2. The van der Waals surface area contributed by atoms with Gasteiger partial charge in [-0.05, 0) is 13.8 Å². The molecule has 114 valence electrons. The van der Waals surface area contributed by atoms with E-state index in [0.717, 1.165) is 56.6 Å². The molecule has 2 aromatic rings. The molecule has 3 rings (SSSR count). The molecule has 0 bridgehead atoms. The quantitative estimate of drug-likeness (QED) is 0.835. The number of piperazine rings is 1. The third-order valence-corrected chi connectivity index (χ3v) is 4.70. The second-order valence-electron chi connectivity index (χ2n) is 5.40. The second-order valence-corrected chi connectivity index (χ2v) is 6.46. The molecule has 7 heteroatoms. The maximum atomic E-state index is 4.55. The van der Waals surface area contributed by atoms with Gasteiger partial charge >= 0.3 is 0 Å². The third-order valence-electron chi connectivity index (χ3n) is 3.88. The van der Waals surface area contributed by atoms with Gasteiger partial charge in [0, 0.05) is 44.6 Å². The highest BCUT2D eigenvalue weighted by atomic mass is 32.1. The molecule has 0 amide bonds. The van der Waals surface area contributed by atoms with Crippen LogP contribution in [-0.4, -0.2) is 55.7 Å². The summed E-state index contributed by atoms with van der Waals surface area (Å²) in [6.45, 7) is 11.3. The van der Waals surface area contributed by atoms with Gasteiger partial charge in [0.2, 0.25) is 0 Å². The van der Waals surface area contributed by atoms with Gasteiger partial charge in [0.1, 0.15) is 12.2 Å². The molecule has 3 heterocycles. The fraction of sp³-hybridized carbons (Fsp3) is 0.643. The Morgan fingerprint density at radius 3 is 2.48 bits per heavy atom. The molecule has 6 nitrogen and oxygen atoms in total. The zero-order chi connectivity index (χ0) is 14.7. The zero-order valence-corrected chi connectivity index (χ0v) is 13.5. The van der Waals surface area contributed by atoms with Gasteiger partial charge < -0.3 is 0 Å². The molecule has 2 aromatic heterocycles. The average Bonchev–Trinajstić information content (AvgIpc) is 3.10. The Kier molecular flexibility index (Phi) is 4.62. The minimum atomic E-state index is 0.887. The fourth-order valence-corrected chi connectivity index (χ4v) is 3.29. The third kappa shape index (κ3) is 3.66. The number of hydrogen-bond donors (Lipinski definition) is 0. The van der Waals surface area contributed by atoms with Crippen LogP contribution in [0.4, 0.5) is 0 Å². The fourth-order valence-electron chi connectivity index (χ4n) is 2.69. The molecule has 0 atom stereocenters. The van der Waals surface area contributed by atoms with Crippen LogP contribution in [0, 0.1) is 6.92 Å². The van der Waals surface area contributed by atoms with E-state index in [0.29, 0.717) is 0 Å². The van der Waals surface area contributed by atoms with Gasteiger partial charge in [-0.1, -0.05) is 0 Å². The van der Waals surface area contributed by atoms with Crippen molar-refractivity contribution in [2.45, 2.75) is 33.5 Å². The summed E-state index contributed by atoms with van der Waals surface area (Å²) in [5.74, 6) is 1.07. The van der Waals surface area contributed by atoms with Crippen molar-refractivity contribution in [3.63, 3.8) is 0 Å². The first-order chi connectivity index (χ1) is 10.2. The summed E-state index contributed by atoms with van der Waals surface area (Å²) in [4.78, 5) is 13.8. The highest BCUT2D eigenvalue weighted by molar-refractivity contribution is 7.09. The second kappa shape index (κ2) is 6.64. The minimum absolute atomic E-state index is 0.887. The Balaban J connectivity index is 1.49. The van der Waals surface area contributed by atoms with Crippen molar-refractivity contribution >= 4 is 11.3 Å². The first-order valence-corrected chi connectivity index (χ1v) is 8.35. The topological polar surface area (TPSA) is 50.1 Å². The smallest absolute Gasteiger partial charge is 0.140 e. The van der Waals surface area contributed by atoms with Crippen molar-refractivity contribution in [3.8, 4) is 0 Å². The van der Waals surface area contributed by atoms with Crippen LogP contribution in [0.15, 0.2) is 11.7 Å². The Hall–Kier alpha value is -1.31. The maximum absolute atomic E-state index is 4.55.